The van der Waals surface area contributed by atoms with E-state index >= 15 is 0 Å². The molecule has 0 unspecified atom stereocenters. The number of hydrogen-bond donors (Lipinski definition) is 2. The zero-order valence-corrected chi connectivity index (χ0v) is 34.4. The van der Waals surface area contributed by atoms with Crippen LogP contribution in [0, 0.1) is 32.6 Å². The van der Waals surface area contributed by atoms with Crippen molar-refractivity contribution in [2.24, 2.45) is 0 Å². The van der Waals surface area contributed by atoms with Crippen molar-refractivity contribution in [1.82, 2.24) is 0 Å². The van der Waals surface area contributed by atoms with Gasteiger partial charge in [-0.1, -0.05) is 90.7 Å². The minimum atomic E-state index is -0.960. The molecule has 0 saturated heterocycles. The van der Waals surface area contributed by atoms with Crippen LogP contribution >= 0.6 is 0 Å². The topological polar surface area (TPSA) is 129 Å². The molecule has 7 rings (SSSR count). The van der Waals surface area contributed by atoms with Crippen molar-refractivity contribution >= 4 is 29.7 Å². The van der Waals surface area contributed by atoms with Crippen LogP contribution in [0.5, 0.6) is 17.2 Å². The molecule has 6 aromatic rings. The van der Waals surface area contributed by atoms with E-state index in [0.29, 0.717) is 34.4 Å². The molecule has 0 atom stereocenters. The second-order valence-corrected chi connectivity index (χ2v) is 13.7. The molecule has 0 fully saturated rings. The van der Waals surface area contributed by atoms with Gasteiger partial charge in [-0.3, -0.25) is 0 Å². The van der Waals surface area contributed by atoms with Crippen LogP contribution in [0.15, 0.2) is 127 Å². The van der Waals surface area contributed by atoms with Crippen molar-refractivity contribution in [3.63, 3.8) is 0 Å². The summed E-state index contributed by atoms with van der Waals surface area (Å²) in [6.45, 7) is 5.51. The van der Waals surface area contributed by atoms with E-state index in [9.17, 15) is 24.6 Å². The zero-order chi connectivity index (χ0) is 43.2. The minimum absolute atomic E-state index is 0.253. The molecule has 1 aliphatic heterocycles. The van der Waals surface area contributed by atoms with E-state index < -0.39 is 11.9 Å². The van der Waals surface area contributed by atoms with Crippen LogP contribution in [0.3, 0.4) is 0 Å². The smallest absolute Gasteiger partial charge is 0.344 e. The number of carbonyl (C=O) groups excluding carboxylic acids is 1. The van der Waals surface area contributed by atoms with Gasteiger partial charge in [-0.05, 0) is 122 Å². The Morgan fingerprint density at radius 3 is 1.87 bits per heavy atom. The fourth-order valence-corrected chi connectivity index (χ4v) is 6.59. The SMILES string of the molecule is COc1cccc(C#Cc2cccc(C)c2C(=O)O)c1.COc1cccc(C=C2OC(=O)c3c(C)cccc32)c1.COc1cccc(CCc2cccc(C)c2C(=O)O)c1. The molecule has 0 aromatic heterocycles. The number of ether oxygens (including phenoxy) is 4. The van der Waals surface area contributed by atoms with Crippen LogP contribution in [0.2, 0.25) is 0 Å². The summed E-state index contributed by atoms with van der Waals surface area (Å²) in [5.74, 6) is 6.68. The van der Waals surface area contributed by atoms with E-state index in [0.717, 1.165) is 62.6 Å². The normalized spacial score (nSPS) is 11.6. The highest BCUT2D eigenvalue weighted by atomic mass is 16.5. The maximum Gasteiger partial charge on any atom is 0.344 e. The third kappa shape index (κ3) is 11.3. The number of benzene rings is 6. The van der Waals surface area contributed by atoms with Crippen molar-refractivity contribution in [1.29, 1.82) is 0 Å². The van der Waals surface area contributed by atoms with Gasteiger partial charge in [0.1, 0.15) is 23.0 Å². The molecule has 304 valence electrons. The monoisotopic (exact) mass is 802 g/mol. The number of aryl methyl sites for hydroxylation is 5. The molecule has 0 bridgehead atoms. The highest BCUT2D eigenvalue weighted by Crippen LogP contribution is 2.33. The van der Waals surface area contributed by atoms with E-state index in [1.54, 1.807) is 46.5 Å². The van der Waals surface area contributed by atoms with Gasteiger partial charge < -0.3 is 29.2 Å². The number of rotatable bonds is 9. The van der Waals surface area contributed by atoms with Gasteiger partial charge in [-0.15, -0.1) is 0 Å². The molecule has 0 aliphatic carbocycles. The molecule has 0 radical (unpaired) electrons. The second-order valence-electron chi connectivity index (χ2n) is 13.7. The predicted octanol–water partition coefficient (Wildman–Crippen LogP) is 10.3. The average Bonchev–Trinajstić information content (AvgIpc) is 3.57. The summed E-state index contributed by atoms with van der Waals surface area (Å²) >= 11 is 0. The first-order chi connectivity index (χ1) is 28.9. The first-order valence-corrected chi connectivity index (χ1v) is 19.0. The number of carbonyl (C=O) groups is 3. The van der Waals surface area contributed by atoms with Crippen LogP contribution < -0.4 is 14.2 Å². The Morgan fingerprint density at radius 2 is 1.18 bits per heavy atom. The Labute approximate surface area is 350 Å². The molecule has 6 aromatic carbocycles. The first kappa shape index (κ1) is 43.6. The molecule has 0 spiro atoms. The lowest BCUT2D eigenvalue weighted by atomic mass is 9.96. The number of cyclic esters (lactones) is 1. The third-order valence-corrected chi connectivity index (χ3v) is 9.62. The van der Waals surface area contributed by atoms with E-state index in [-0.39, 0.29) is 11.5 Å². The van der Waals surface area contributed by atoms with Gasteiger partial charge in [0.15, 0.2) is 0 Å². The van der Waals surface area contributed by atoms with Crippen molar-refractivity contribution < 1.29 is 43.5 Å². The number of aromatic carboxylic acids is 2. The molecule has 9 heteroatoms. The quantitative estimate of drug-likeness (QED) is 0.108. The fraction of sp³-hybridized carbons (Fsp3) is 0.157. The van der Waals surface area contributed by atoms with E-state index in [1.165, 1.54) is 0 Å². The van der Waals surface area contributed by atoms with Gasteiger partial charge in [-0.2, -0.15) is 0 Å². The number of methoxy groups -OCH3 is 3. The second kappa shape index (κ2) is 20.7. The van der Waals surface area contributed by atoms with Crippen LogP contribution in [0.4, 0.5) is 0 Å². The molecule has 1 heterocycles. The number of hydrogen-bond acceptors (Lipinski definition) is 7. The van der Waals surface area contributed by atoms with Gasteiger partial charge in [0, 0.05) is 16.7 Å². The van der Waals surface area contributed by atoms with Crippen LogP contribution in [0.25, 0.3) is 11.8 Å². The number of carboxylic acids is 2. The molecule has 0 amide bonds. The molecule has 60 heavy (non-hydrogen) atoms. The van der Waals surface area contributed by atoms with Crippen LogP contribution in [0.1, 0.15) is 81.1 Å². The van der Waals surface area contributed by atoms with Gasteiger partial charge >= 0.3 is 17.9 Å². The highest BCUT2D eigenvalue weighted by molar-refractivity contribution is 6.06. The molecule has 2 N–H and O–H groups in total. The Morgan fingerprint density at radius 1 is 0.617 bits per heavy atom. The molecule has 1 aliphatic rings. The Balaban J connectivity index is 0.000000171. The van der Waals surface area contributed by atoms with Crippen molar-refractivity contribution in [2.45, 2.75) is 33.6 Å². The summed E-state index contributed by atoms with van der Waals surface area (Å²) in [7, 11) is 4.86. The molecular formula is C51H46O9. The number of carboxylic acid groups (broad SMARTS) is 2. The maximum atomic E-state index is 11.9. The van der Waals surface area contributed by atoms with Crippen molar-refractivity contribution in [3.05, 3.63) is 194 Å². The summed E-state index contributed by atoms with van der Waals surface area (Å²) < 4.78 is 20.9. The number of esters is 1. The highest BCUT2D eigenvalue weighted by Gasteiger charge is 2.27. The van der Waals surface area contributed by atoms with Crippen LogP contribution in [-0.2, 0) is 17.6 Å². The lowest BCUT2D eigenvalue weighted by molar-refractivity contribution is 0.0684. The molecule has 0 saturated carbocycles. The van der Waals surface area contributed by atoms with E-state index in [4.69, 9.17) is 18.9 Å². The van der Waals surface area contributed by atoms with Gasteiger partial charge in [-0.25, -0.2) is 14.4 Å². The Hall–Kier alpha value is -7.57. The molecular weight excluding hydrogens is 757 g/mol. The Bertz CT molecular complexity index is 2610. The van der Waals surface area contributed by atoms with Gasteiger partial charge in [0.05, 0.1) is 38.0 Å². The third-order valence-electron chi connectivity index (χ3n) is 9.62. The summed E-state index contributed by atoms with van der Waals surface area (Å²) in [6, 6.07) is 39.5. The molecule has 9 nitrogen and oxygen atoms in total. The lowest BCUT2D eigenvalue weighted by Crippen LogP contribution is -2.06. The van der Waals surface area contributed by atoms with Crippen molar-refractivity contribution in [3.8, 4) is 29.1 Å². The Kier molecular flexibility index (Phi) is 15.0. The summed E-state index contributed by atoms with van der Waals surface area (Å²) in [5, 5.41) is 18.5. The number of fused-ring (bicyclic) bond motifs is 1. The summed E-state index contributed by atoms with van der Waals surface area (Å²) in [4.78, 5) is 34.5. The maximum absolute atomic E-state index is 11.9. The summed E-state index contributed by atoms with van der Waals surface area (Å²) in [6.07, 6.45) is 3.35. The standard InChI is InChI=1S/C17H14O3.C17H18O3.C17H14O3/c1-11-5-3-8-14-15(20-17(18)16(11)14)10-12-6-4-7-13(9-12)19-2;2*1-12-5-3-7-14(16(12)17(18)19)10-9-13-6-4-8-15(11-13)20-2/h3-10H,1-2H3;3-8,11H,9-10H2,1-2H3,(H,18,19);3-8,11H,1-2H3,(H,18,19). The van der Waals surface area contributed by atoms with Crippen molar-refractivity contribution in [2.75, 3.05) is 21.3 Å². The largest absolute Gasteiger partial charge is 0.497 e. The van der Waals surface area contributed by atoms with Crippen LogP contribution in [-0.4, -0.2) is 49.5 Å². The fourth-order valence-electron chi connectivity index (χ4n) is 6.59. The average molecular weight is 803 g/mol. The van der Waals surface area contributed by atoms with Gasteiger partial charge in [0.25, 0.3) is 0 Å². The summed E-state index contributed by atoms with van der Waals surface area (Å²) in [5.41, 5.74) is 8.86. The minimum Gasteiger partial charge on any atom is -0.497 e. The predicted molar refractivity (Wildman–Crippen MR) is 233 cm³/mol. The van der Waals surface area contributed by atoms with E-state index in [2.05, 4.69) is 11.8 Å². The van der Waals surface area contributed by atoms with E-state index in [1.807, 2.05) is 129 Å². The van der Waals surface area contributed by atoms with Gasteiger partial charge in [0.2, 0.25) is 0 Å². The lowest BCUT2D eigenvalue weighted by Gasteiger charge is -2.09. The zero-order valence-electron chi connectivity index (χ0n) is 34.4. The first-order valence-electron chi connectivity index (χ1n) is 19.0.